The number of aryl methyl sites for hydroxylation is 1. The number of nitrogens with zero attached hydrogens (tertiary/aromatic N) is 2. The minimum Gasteiger partial charge on any atom is -0.385 e. The standard InChI is InChI=1S/C29H31ClN4O/c1-20-26(33-29(32-20)23-14-8-9-15-24(23)30)28(35)27(34-18-16-31-17-19-34)25(21-10-4-2-5-11-21)22-12-6-3-7-13-22/h2-15,25,27-28,31,35H,16-19H2,1H3,(H,32,33). The maximum Gasteiger partial charge on any atom is 0.139 e. The summed E-state index contributed by atoms with van der Waals surface area (Å²) in [7, 11) is 0. The third-order valence-corrected chi connectivity index (χ3v) is 7.22. The lowest BCUT2D eigenvalue weighted by molar-refractivity contribution is 0.0295. The summed E-state index contributed by atoms with van der Waals surface area (Å²) in [5.74, 6) is 0.655. The predicted octanol–water partition coefficient (Wildman–Crippen LogP) is 5.18. The van der Waals surface area contributed by atoms with Crippen LogP contribution in [0.15, 0.2) is 84.9 Å². The molecule has 1 aliphatic heterocycles. The molecule has 35 heavy (non-hydrogen) atoms. The highest BCUT2D eigenvalue weighted by molar-refractivity contribution is 6.33. The minimum atomic E-state index is -0.800. The van der Waals surface area contributed by atoms with Crippen LogP contribution in [0.2, 0.25) is 5.02 Å². The second-order valence-electron chi connectivity index (χ2n) is 9.10. The summed E-state index contributed by atoms with van der Waals surface area (Å²) in [6.07, 6.45) is -0.800. The van der Waals surface area contributed by atoms with E-state index in [1.165, 1.54) is 11.1 Å². The van der Waals surface area contributed by atoms with E-state index in [9.17, 15) is 5.11 Å². The fourth-order valence-corrected chi connectivity index (χ4v) is 5.41. The number of imidazole rings is 1. The first-order valence-electron chi connectivity index (χ1n) is 12.2. The van der Waals surface area contributed by atoms with Gasteiger partial charge >= 0.3 is 0 Å². The molecule has 2 heterocycles. The summed E-state index contributed by atoms with van der Waals surface area (Å²) in [6.45, 7) is 5.48. The number of hydrogen-bond acceptors (Lipinski definition) is 4. The van der Waals surface area contributed by atoms with Crippen LogP contribution in [0.25, 0.3) is 11.4 Å². The van der Waals surface area contributed by atoms with Crippen molar-refractivity contribution in [2.24, 2.45) is 0 Å². The van der Waals surface area contributed by atoms with Crippen molar-refractivity contribution in [1.29, 1.82) is 0 Å². The summed E-state index contributed by atoms with van der Waals surface area (Å²) >= 11 is 6.46. The van der Waals surface area contributed by atoms with Crippen molar-refractivity contribution in [3.05, 3.63) is 112 Å². The number of rotatable bonds is 7. The average molecular weight is 487 g/mol. The van der Waals surface area contributed by atoms with Gasteiger partial charge in [0, 0.05) is 43.4 Å². The number of nitrogens with one attached hydrogen (secondary N) is 2. The third-order valence-electron chi connectivity index (χ3n) is 6.89. The fraction of sp³-hybridized carbons (Fsp3) is 0.276. The molecule has 2 unspecified atom stereocenters. The molecule has 2 atom stereocenters. The highest BCUT2D eigenvalue weighted by Crippen LogP contribution is 2.39. The van der Waals surface area contributed by atoms with Crippen LogP contribution in [-0.4, -0.2) is 52.2 Å². The van der Waals surface area contributed by atoms with E-state index < -0.39 is 6.10 Å². The zero-order chi connectivity index (χ0) is 24.2. The van der Waals surface area contributed by atoms with Crippen molar-refractivity contribution in [2.75, 3.05) is 26.2 Å². The lowest BCUT2D eigenvalue weighted by Gasteiger charge is -2.42. The molecule has 3 aromatic carbocycles. The molecular formula is C29H31ClN4O. The van der Waals surface area contributed by atoms with Gasteiger partial charge in [0.2, 0.25) is 0 Å². The monoisotopic (exact) mass is 486 g/mol. The summed E-state index contributed by atoms with van der Waals surface area (Å²) in [5, 5.41) is 16.1. The zero-order valence-corrected chi connectivity index (χ0v) is 20.6. The van der Waals surface area contributed by atoms with E-state index in [1.807, 2.05) is 43.3 Å². The highest BCUT2D eigenvalue weighted by Gasteiger charge is 2.38. The number of H-pyrrole nitrogens is 1. The second-order valence-corrected chi connectivity index (χ2v) is 9.50. The van der Waals surface area contributed by atoms with E-state index >= 15 is 0 Å². The Kier molecular flexibility index (Phi) is 7.30. The fourth-order valence-electron chi connectivity index (χ4n) is 5.19. The van der Waals surface area contributed by atoms with Crippen molar-refractivity contribution in [3.8, 4) is 11.4 Å². The third kappa shape index (κ3) is 5.04. The number of hydrogen-bond donors (Lipinski definition) is 3. The smallest absolute Gasteiger partial charge is 0.139 e. The number of piperazine rings is 1. The van der Waals surface area contributed by atoms with Gasteiger partial charge in [-0.25, -0.2) is 4.98 Å². The van der Waals surface area contributed by atoms with E-state index in [1.54, 1.807) is 0 Å². The number of aromatic amines is 1. The van der Waals surface area contributed by atoms with Crippen molar-refractivity contribution in [2.45, 2.75) is 25.0 Å². The molecule has 5 rings (SSSR count). The number of halogens is 1. The molecule has 6 heteroatoms. The molecule has 5 nitrogen and oxygen atoms in total. The minimum absolute atomic E-state index is 0.0228. The Morgan fingerprint density at radius 2 is 1.43 bits per heavy atom. The molecule has 1 saturated heterocycles. The van der Waals surface area contributed by atoms with Crippen LogP contribution in [0.5, 0.6) is 0 Å². The van der Waals surface area contributed by atoms with Gasteiger partial charge < -0.3 is 15.4 Å². The Morgan fingerprint density at radius 3 is 2.03 bits per heavy atom. The van der Waals surface area contributed by atoms with Gasteiger partial charge in [-0.05, 0) is 30.2 Å². The van der Waals surface area contributed by atoms with E-state index in [-0.39, 0.29) is 12.0 Å². The van der Waals surface area contributed by atoms with E-state index in [0.717, 1.165) is 37.4 Å². The highest BCUT2D eigenvalue weighted by atomic mass is 35.5. The second kappa shape index (κ2) is 10.8. The van der Waals surface area contributed by atoms with Crippen molar-refractivity contribution in [1.82, 2.24) is 20.2 Å². The molecule has 1 fully saturated rings. The quantitative estimate of drug-likeness (QED) is 0.337. The zero-order valence-electron chi connectivity index (χ0n) is 19.9. The molecule has 0 spiro atoms. The van der Waals surface area contributed by atoms with Crippen LogP contribution in [0.3, 0.4) is 0 Å². The maximum atomic E-state index is 12.1. The van der Waals surface area contributed by atoms with Gasteiger partial charge in [0.05, 0.1) is 16.8 Å². The van der Waals surface area contributed by atoms with Crippen molar-refractivity contribution < 1.29 is 5.11 Å². The van der Waals surface area contributed by atoms with E-state index in [2.05, 4.69) is 63.7 Å². The Bertz CT molecular complexity index is 1200. The molecule has 1 aromatic heterocycles. The molecule has 180 valence electrons. The Hall–Kier alpha value is -2.96. The van der Waals surface area contributed by atoms with Crippen LogP contribution in [-0.2, 0) is 0 Å². The molecule has 0 radical (unpaired) electrons. The Labute approximate surface area is 211 Å². The van der Waals surface area contributed by atoms with Gasteiger partial charge in [-0.15, -0.1) is 0 Å². The molecule has 0 amide bonds. The van der Waals surface area contributed by atoms with Gasteiger partial charge in [0.25, 0.3) is 0 Å². The summed E-state index contributed by atoms with van der Waals surface area (Å²) < 4.78 is 0. The number of aliphatic hydroxyl groups excluding tert-OH is 1. The number of aliphatic hydroxyl groups is 1. The van der Waals surface area contributed by atoms with Crippen molar-refractivity contribution in [3.63, 3.8) is 0 Å². The average Bonchev–Trinajstić information content (AvgIpc) is 3.30. The summed E-state index contributed by atoms with van der Waals surface area (Å²) in [5.41, 5.74) is 4.71. The molecule has 0 saturated carbocycles. The molecule has 0 aliphatic carbocycles. The molecule has 1 aliphatic rings. The number of benzene rings is 3. The summed E-state index contributed by atoms with van der Waals surface area (Å²) in [6, 6.07) is 28.5. The van der Waals surface area contributed by atoms with Gasteiger partial charge in [-0.3, -0.25) is 4.90 Å². The topological polar surface area (TPSA) is 64.2 Å². The van der Waals surface area contributed by atoms with Gasteiger partial charge in [0.15, 0.2) is 0 Å². The molecule has 3 N–H and O–H groups in total. The molecular weight excluding hydrogens is 456 g/mol. The van der Waals surface area contributed by atoms with Crippen molar-refractivity contribution >= 4 is 11.6 Å². The van der Waals surface area contributed by atoms with E-state index in [0.29, 0.717) is 16.5 Å². The lowest BCUT2D eigenvalue weighted by Crippen LogP contribution is -2.52. The summed E-state index contributed by atoms with van der Waals surface area (Å²) in [4.78, 5) is 10.7. The van der Waals surface area contributed by atoms with Gasteiger partial charge in [-0.1, -0.05) is 84.4 Å². The first-order chi connectivity index (χ1) is 17.1. The predicted molar refractivity (Wildman–Crippen MR) is 142 cm³/mol. The first-order valence-corrected chi connectivity index (χ1v) is 12.6. The van der Waals surface area contributed by atoms with Crippen LogP contribution in [0, 0.1) is 6.92 Å². The first kappa shape index (κ1) is 23.8. The van der Waals surface area contributed by atoms with Gasteiger partial charge in [-0.2, -0.15) is 0 Å². The van der Waals surface area contributed by atoms with Crippen LogP contribution in [0.1, 0.15) is 34.5 Å². The van der Waals surface area contributed by atoms with Crippen LogP contribution >= 0.6 is 11.6 Å². The molecule has 4 aromatic rings. The largest absolute Gasteiger partial charge is 0.385 e. The normalized spacial score (nSPS) is 16.3. The number of aromatic nitrogens is 2. The molecule has 0 bridgehead atoms. The van der Waals surface area contributed by atoms with E-state index in [4.69, 9.17) is 16.6 Å². The van der Waals surface area contributed by atoms with Crippen LogP contribution < -0.4 is 5.32 Å². The van der Waals surface area contributed by atoms with Crippen LogP contribution in [0.4, 0.5) is 0 Å². The van der Waals surface area contributed by atoms with Gasteiger partial charge in [0.1, 0.15) is 11.9 Å². The maximum absolute atomic E-state index is 12.1. The lowest BCUT2D eigenvalue weighted by atomic mass is 9.80. The Balaban J connectivity index is 1.61. The SMILES string of the molecule is Cc1[nH]c(-c2ccccc2Cl)nc1C(O)C(C(c1ccccc1)c1ccccc1)N1CCNCC1. The Morgan fingerprint density at radius 1 is 0.857 bits per heavy atom.